The Morgan fingerprint density at radius 1 is 1.07 bits per heavy atom. The fourth-order valence-corrected chi connectivity index (χ4v) is 2.40. The number of carbonyl (C=O) groups excluding carboxylic acids is 1. The van der Waals surface area contributed by atoms with Gasteiger partial charge in [-0.3, -0.25) is 4.79 Å². The van der Waals surface area contributed by atoms with E-state index in [2.05, 4.69) is 16.7 Å². The molecule has 0 radical (unpaired) electrons. The third-order valence-electron chi connectivity index (χ3n) is 3.96. The van der Waals surface area contributed by atoms with E-state index in [1.54, 1.807) is 6.07 Å². The number of hydrogen-bond acceptors (Lipinski definition) is 4. The van der Waals surface area contributed by atoms with E-state index in [1.807, 2.05) is 63.2 Å². The highest BCUT2D eigenvalue weighted by Gasteiger charge is 2.19. The molecule has 0 unspecified atom stereocenters. The minimum atomic E-state index is -0.363. The molecule has 27 heavy (non-hydrogen) atoms. The molecule has 2 N–H and O–H groups in total. The van der Waals surface area contributed by atoms with Crippen molar-refractivity contribution in [3.63, 3.8) is 0 Å². The van der Waals surface area contributed by atoms with Crippen molar-refractivity contribution in [2.45, 2.75) is 33.9 Å². The molecule has 0 saturated heterocycles. The molecule has 0 spiro atoms. The van der Waals surface area contributed by atoms with Crippen LogP contribution in [0.5, 0.6) is 5.75 Å². The first-order valence-corrected chi connectivity index (χ1v) is 9.08. The van der Waals surface area contributed by atoms with E-state index in [0.29, 0.717) is 31.8 Å². The summed E-state index contributed by atoms with van der Waals surface area (Å²) >= 11 is 0. The molecule has 0 atom stereocenters. The summed E-state index contributed by atoms with van der Waals surface area (Å²) in [6.45, 7) is 8.13. The van der Waals surface area contributed by atoms with Gasteiger partial charge in [-0.05, 0) is 35.4 Å². The van der Waals surface area contributed by atoms with Crippen LogP contribution in [0.2, 0.25) is 0 Å². The third kappa shape index (κ3) is 7.12. The van der Waals surface area contributed by atoms with E-state index in [-0.39, 0.29) is 11.3 Å². The van der Waals surface area contributed by atoms with Crippen molar-refractivity contribution in [1.29, 1.82) is 5.26 Å². The highest BCUT2D eigenvalue weighted by atomic mass is 16.5. The average molecular weight is 365 g/mol. The number of nitriles is 1. The molecule has 0 aliphatic carbocycles. The van der Waals surface area contributed by atoms with E-state index in [9.17, 15) is 4.79 Å². The van der Waals surface area contributed by atoms with Crippen LogP contribution >= 0.6 is 0 Å². The molecule has 0 saturated carbocycles. The lowest BCUT2D eigenvalue weighted by Crippen LogP contribution is -2.38. The lowest BCUT2D eigenvalue weighted by molar-refractivity contribution is -0.128. The number of benzene rings is 2. The second-order valence-electron chi connectivity index (χ2n) is 7.43. The van der Waals surface area contributed by atoms with Gasteiger partial charge in [0, 0.05) is 25.0 Å². The highest BCUT2D eigenvalue weighted by Crippen LogP contribution is 2.16. The van der Waals surface area contributed by atoms with E-state index in [4.69, 9.17) is 10.00 Å². The molecule has 1 amide bonds. The van der Waals surface area contributed by atoms with Crippen LogP contribution in [-0.4, -0.2) is 19.0 Å². The maximum atomic E-state index is 11.8. The first-order valence-electron chi connectivity index (χ1n) is 9.08. The number of nitrogens with zero attached hydrogens (tertiary/aromatic N) is 1. The van der Waals surface area contributed by atoms with Gasteiger partial charge in [0.05, 0.1) is 11.6 Å². The van der Waals surface area contributed by atoms with E-state index < -0.39 is 0 Å². The standard InChI is InChI=1S/C22H27N3O2/c1-22(2,3)21(26)25-11-10-24-15-18-7-5-9-20(13-18)27-16-19-8-4-6-17(12-19)14-23/h4-9,12-13,24H,10-11,15-16H2,1-3H3,(H,25,26). The fourth-order valence-electron chi connectivity index (χ4n) is 2.40. The van der Waals surface area contributed by atoms with Gasteiger partial charge in [0.1, 0.15) is 12.4 Å². The largest absolute Gasteiger partial charge is 0.489 e. The van der Waals surface area contributed by atoms with E-state index in [0.717, 1.165) is 16.9 Å². The normalized spacial score (nSPS) is 10.9. The first kappa shape index (κ1) is 20.5. The molecule has 2 aromatic carbocycles. The summed E-state index contributed by atoms with van der Waals surface area (Å²) < 4.78 is 5.83. The summed E-state index contributed by atoms with van der Waals surface area (Å²) in [7, 11) is 0. The second-order valence-corrected chi connectivity index (χ2v) is 7.43. The van der Waals surface area contributed by atoms with E-state index in [1.165, 1.54) is 0 Å². The van der Waals surface area contributed by atoms with Crippen LogP contribution in [0.4, 0.5) is 0 Å². The highest BCUT2D eigenvalue weighted by molar-refractivity contribution is 5.81. The number of ether oxygens (including phenoxy) is 1. The van der Waals surface area contributed by atoms with Gasteiger partial charge in [-0.1, -0.05) is 45.0 Å². The smallest absolute Gasteiger partial charge is 0.225 e. The topological polar surface area (TPSA) is 74.2 Å². The van der Waals surface area contributed by atoms with Crippen LogP contribution < -0.4 is 15.4 Å². The predicted octanol–water partition coefficient (Wildman–Crippen LogP) is 3.39. The summed E-state index contributed by atoms with van der Waals surface area (Å²) in [5.74, 6) is 0.845. The molecular formula is C22H27N3O2. The zero-order valence-electron chi connectivity index (χ0n) is 16.2. The SMILES string of the molecule is CC(C)(C)C(=O)NCCNCc1cccc(OCc2cccc(C#N)c2)c1. The maximum absolute atomic E-state index is 11.8. The number of hydrogen-bond donors (Lipinski definition) is 2. The molecule has 5 heteroatoms. The van der Waals surface area contributed by atoms with Crippen molar-refractivity contribution in [3.05, 3.63) is 65.2 Å². The molecule has 0 aliphatic rings. The molecular weight excluding hydrogens is 338 g/mol. The number of rotatable bonds is 8. The third-order valence-corrected chi connectivity index (χ3v) is 3.96. The van der Waals surface area contributed by atoms with Gasteiger partial charge in [0.15, 0.2) is 0 Å². The zero-order valence-corrected chi connectivity index (χ0v) is 16.2. The van der Waals surface area contributed by atoms with Gasteiger partial charge in [-0.25, -0.2) is 0 Å². The lowest BCUT2D eigenvalue weighted by atomic mass is 9.96. The van der Waals surface area contributed by atoms with Crippen LogP contribution in [0.25, 0.3) is 0 Å². The van der Waals surface area contributed by atoms with Crippen molar-refractivity contribution in [1.82, 2.24) is 10.6 Å². The van der Waals surface area contributed by atoms with Gasteiger partial charge in [0.25, 0.3) is 0 Å². The predicted molar refractivity (Wildman–Crippen MR) is 106 cm³/mol. The van der Waals surface area contributed by atoms with E-state index >= 15 is 0 Å². The van der Waals surface area contributed by atoms with Crippen molar-refractivity contribution >= 4 is 5.91 Å². The quantitative estimate of drug-likeness (QED) is 0.703. The Balaban J connectivity index is 1.76. The summed E-state index contributed by atoms with van der Waals surface area (Å²) in [5.41, 5.74) is 2.35. The van der Waals surface area contributed by atoms with Crippen molar-refractivity contribution in [2.75, 3.05) is 13.1 Å². The molecule has 0 heterocycles. The number of carbonyl (C=O) groups is 1. The van der Waals surface area contributed by atoms with Crippen LogP contribution in [0.3, 0.4) is 0 Å². The Bertz CT molecular complexity index is 804. The van der Waals surface area contributed by atoms with Gasteiger partial charge in [0.2, 0.25) is 5.91 Å². The van der Waals surface area contributed by atoms with Gasteiger partial charge >= 0.3 is 0 Å². The Labute approximate surface area is 161 Å². The van der Waals surface area contributed by atoms with Crippen LogP contribution in [-0.2, 0) is 17.9 Å². The molecule has 5 nitrogen and oxygen atoms in total. The van der Waals surface area contributed by atoms with Gasteiger partial charge < -0.3 is 15.4 Å². The minimum Gasteiger partial charge on any atom is -0.489 e. The van der Waals surface area contributed by atoms with Crippen molar-refractivity contribution < 1.29 is 9.53 Å². The zero-order chi connectivity index (χ0) is 19.7. The number of amides is 1. The second kappa shape index (κ2) is 9.75. The van der Waals surface area contributed by atoms with Crippen LogP contribution in [0, 0.1) is 16.7 Å². The molecule has 0 aromatic heterocycles. The molecule has 2 aromatic rings. The monoisotopic (exact) mass is 365 g/mol. The Kier molecular flexibility index (Phi) is 7.39. The molecule has 0 fully saturated rings. The average Bonchev–Trinajstić information content (AvgIpc) is 2.65. The van der Waals surface area contributed by atoms with Crippen molar-refractivity contribution in [2.24, 2.45) is 5.41 Å². The molecule has 0 aliphatic heterocycles. The Hall–Kier alpha value is -2.84. The first-order chi connectivity index (χ1) is 12.9. The Morgan fingerprint density at radius 3 is 2.56 bits per heavy atom. The van der Waals surface area contributed by atoms with Gasteiger partial charge in [-0.2, -0.15) is 5.26 Å². The van der Waals surface area contributed by atoms with Crippen molar-refractivity contribution in [3.8, 4) is 11.8 Å². The summed E-state index contributed by atoms with van der Waals surface area (Å²) in [6.07, 6.45) is 0. The fraction of sp³-hybridized carbons (Fsp3) is 0.364. The molecule has 0 bridgehead atoms. The summed E-state index contributed by atoms with van der Waals surface area (Å²) in [5, 5.41) is 15.2. The molecule has 2 rings (SSSR count). The minimum absolute atomic E-state index is 0.0557. The van der Waals surface area contributed by atoms with Crippen LogP contribution in [0.1, 0.15) is 37.5 Å². The number of nitrogens with one attached hydrogen (secondary N) is 2. The summed E-state index contributed by atoms with van der Waals surface area (Å²) in [6, 6.07) is 17.4. The van der Waals surface area contributed by atoms with Gasteiger partial charge in [-0.15, -0.1) is 0 Å². The summed E-state index contributed by atoms with van der Waals surface area (Å²) in [4.78, 5) is 11.8. The van der Waals surface area contributed by atoms with Crippen LogP contribution in [0.15, 0.2) is 48.5 Å². The maximum Gasteiger partial charge on any atom is 0.225 e. The molecule has 142 valence electrons. The Morgan fingerprint density at radius 2 is 1.81 bits per heavy atom. The lowest BCUT2D eigenvalue weighted by Gasteiger charge is -2.17.